The van der Waals surface area contributed by atoms with Gasteiger partial charge in [0.25, 0.3) is 5.91 Å². The summed E-state index contributed by atoms with van der Waals surface area (Å²) in [6.07, 6.45) is 0.198. The molecule has 0 aliphatic heterocycles. The molecule has 4 aromatic heterocycles. The number of amides is 1. The second-order valence-corrected chi connectivity index (χ2v) is 8.84. The molecule has 0 aliphatic rings. The number of benzene rings is 1. The summed E-state index contributed by atoms with van der Waals surface area (Å²) in [5, 5.41) is 19.6. The molecule has 0 bridgehead atoms. The molecule has 5 aromatic rings. The van der Waals surface area contributed by atoms with E-state index in [1.165, 1.54) is 16.9 Å². The van der Waals surface area contributed by atoms with Crippen molar-refractivity contribution in [2.24, 2.45) is 0 Å². The minimum Gasteiger partial charge on any atom is -0.345 e. The van der Waals surface area contributed by atoms with Gasteiger partial charge in [0.1, 0.15) is 5.82 Å². The Morgan fingerprint density at radius 3 is 2.67 bits per heavy atom. The summed E-state index contributed by atoms with van der Waals surface area (Å²) >= 11 is 0. The third-order valence-corrected chi connectivity index (χ3v) is 6.01. The first-order valence-corrected chi connectivity index (χ1v) is 12.1. The zero-order valence-electron chi connectivity index (χ0n) is 20.4. The van der Waals surface area contributed by atoms with E-state index in [1.54, 1.807) is 18.2 Å². The highest BCUT2D eigenvalue weighted by atomic mass is 19.4. The van der Waals surface area contributed by atoms with Crippen LogP contribution in [-0.2, 0) is 25.7 Å². The fourth-order valence-corrected chi connectivity index (χ4v) is 4.03. The number of H-pyrrole nitrogens is 1. The lowest BCUT2D eigenvalue weighted by Gasteiger charge is -2.08. The van der Waals surface area contributed by atoms with E-state index in [0.29, 0.717) is 29.9 Å². The second-order valence-electron chi connectivity index (χ2n) is 8.84. The lowest BCUT2D eigenvalue weighted by Crippen LogP contribution is -2.24. The number of hydrogen-bond donors (Lipinski definition) is 2. The van der Waals surface area contributed by atoms with Gasteiger partial charge >= 0.3 is 6.18 Å². The number of carbonyl (C=O) groups is 1. The molecular weight excluding hydrogens is 516 g/mol. The normalized spacial score (nSPS) is 11.7. The maximum atomic E-state index is 14.1. The lowest BCUT2D eigenvalue weighted by molar-refractivity contribution is -0.137. The average molecular weight is 539 g/mol. The second kappa shape index (κ2) is 11.0. The molecule has 0 atom stereocenters. The van der Waals surface area contributed by atoms with Crippen LogP contribution in [-0.4, -0.2) is 41.1 Å². The summed E-state index contributed by atoms with van der Waals surface area (Å²) in [6, 6.07) is 12.0. The Balaban J connectivity index is 1.10. The molecular formula is C26H22F4N8O. The average Bonchev–Trinajstić information content (AvgIpc) is 3.57. The van der Waals surface area contributed by atoms with Gasteiger partial charge in [-0.25, -0.2) is 4.39 Å². The zero-order chi connectivity index (χ0) is 27.4. The van der Waals surface area contributed by atoms with Crippen LogP contribution in [0.1, 0.15) is 40.3 Å². The molecule has 0 radical (unpaired) electrons. The monoisotopic (exact) mass is 538 g/mol. The quantitative estimate of drug-likeness (QED) is 0.207. The molecule has 2 N–H and O–H groups in total. The Morgan fingerprint density at radius 1 is 1.00 bits per heavy atom. The van der Waals surface area contributed by atoms with E-state index < -0.39 is 17.6 Å². The van der Waals surface area contributed by atoms with Crippen molar-refractivity contribution in [2.75, 3.05) is 0 Å². The Bertz CT molecular complexity index is 1610. The summed E-state index contributed by atoms with van der Waals surface area (Å²) < 4.78 is 54.1. The van der Waals surface area contributed by atoms with Crippen molar-refractivity contribution in [3.63, 3.8) is 0 Å². The summed E-state index contributed by atoms with van der Waals surface area (Å²) in [7, 11) is 0. The van der Waals surface area contributed by atoms with Crippen molar-refractivity contribution in [3.05, 3.63) is 89.4 Å². The number of hydrogen-bond acceptors (Lipinski definition) is 6. The van der Waals surface area contributed by atoms with Crippen LogP contribution in [0.3, 0.4) is 0 Å². The number of aromatic amines is 1. The van der Waals surface area contributed by atoms with E-state index in [0.717, 1.165) is 42.3 Å². The van der Waals surface area contributed by atoms with Gasteiger partial charge in [0.15, 0.2) is 11.3 Å². The molecule has 4 heterocycles. The van der Waals surface area contributed by atoms with Gasteiger partial charge in [-0.15, -0.1) is 10.2 Å². The van der Waals surface area contributed by atoms with Crippen LogP contribution in [0.4, 0.5) is 17.6 Å². The number of carbonyl (C=O) groups excluding carboxylic acids is 1. The van der Waals surface area contributed by atoms with E-state index in [4.69, 9.17) is 0 Å². The predicted octanol–water partition coefficient (Wildman–Crippen LogP) is 4.72. The summed E-state index contributed by atoms with van der Waals surface area (Å²) in [5.74, 6) is -0.885. The number of aryl methyl sites for hydroxylation is 2. The molecule has 0 spiro atoms. The number of pyridine rings is 1. The van der Waals surface area contributed by atoms with E-state index in [1.807, 2.05) is 12.1 Å². The smallest absolute Gasteiger partial charge is 0.345 e. The van der Waals surface area contributed by atoms with Gasteiger partial charge in [-0.1, -0.05) is 17.3 Å². The van der Waals surface area contributed by atoms with Gasteiger partial charge in [-0.2, -0.15) is 18.3 Å². The van der Waals surface area contributed by atoms with Crippen LogP contribution >= 0.6 is 0 Å². The van der Waals surface area contributed by atoms with Crippen LogP contribution in [0.15, 0.2) is 60.9 Å². The summed E-state index contributed by atoms with van der Waals surface area (Å²) in [4.78, 5) is 19.3. The molecule has 0 saturated carbocycles. The number of halogens is 4. The van der Waals surface area contributed by atoms with Crippen LogP contribution in [0.2, 0.25) is 0 Å². The van der Waals surface area contributed by atoms with Gasteiger partial charge in [-0.3, -0.25) is 14.5 Å². The number of fused-ring (bicyclic) bond motifs is 1. The number of aromatic nitrogens is 7. The summed E-state index contributed by atoms with van der Waals surface area (Å²) in [5.41, 5.74) is 1.76. The molecule has 9 nitrogen and oxygen atoms in total. The van der Waals surface area contributed by atoms with E-state index in [9.17, 15) is 22.4 Å². The highest BCUT2D eigenvalue weighted by molar-refractivity contribution is 5.91. The van der Waals surface area contributed by atoms with E-state index in [-0.39, 0.29) is 23.7 Å². The third kappa shape index (κ3) is 6.25. The van der Waals surface area contributed by atoms with Gasteiger partial charge < -0.3 is 10.3 Å². The Labute approximate surface area is 219 Å². The maximum absolute atomic E-state index is 14.1. The van der Waals surface area contributed by atoms with Crippen molar-refractivity contribution in [2.45, 2.75) is 38.5 Å². The first-order chi connectivity index (χ1) is 18.8. The Kier molecular flexibility index (Phi) is 7.30. The number of alkyl halides is 3. The Morgan fingerprint density at radius 2 is 1.85 bits per heavy atom. The number of rotatable bonds is 9. The third-order valence-electron chi connectivity index (χ3n) is 6.01. The molecule has 39 heavy (non-hydrogen) atoms. The fourth-order valence-electron chi connectivity index (χ4n) is 4.03. The van der Waals surface area contributed by atoms with Gasteiger partial charge in [0.05, 0.1) is 35.4 Å². The molecule has 1 aromatic carbocycles. The van der Waals surface area contributed by atoms with Gasteiger partial charge in [-0.05, 0) is 55.7 Å². The van der Waals surface area contributed by atoms with E-state index >= 15 is 0 Å². The van der Waals surface area contributed by atoms with Gasteiger partial charge in [0, 0.05) is 23.7 Å². The predicted molar refractivity (Wildman–Crippen MR) is 133 cm³/mol. The van der Waals surface area contributed by atoms with Crippen LogP contribution in [0.25, 0.3) is 22.3 Å². The number of nitrogens with one attached hydrogen (secondary N) is 2. The van der Waals surface area contributed by atoms with Gasteiger partial charge in [0.2, 0.25) is 0 Å². The molecule has 200 valence electrons. The maximum Gasteiger partial charge on any atom is 0.416 e. The molecule has 0 fully saturated rings. The number of nitrogens with zero attached hydrogens (tertiary/aromatic N) is 6. The minimum absolute atomic E-state index is 0.0522. The first-order valence-electron chi connectivity index (χ1n) is 12.1. The topological polar surface area (TPSA) is 114 Å². The van der Waals surface area contributed by atoms with Crippen molar-refractivity contribution in [1.82, 2.24) is 40.5 Å². The number of unbranched alkanes of at least 4 members (excludes halogenated alkanes) is 1. The van der Waals surface area contributed by atoms with Crippen molar-refractivity contribution < 1.29 is 22.4 Å². The summed E-state index contributed by atoms with van der Waals surface area (Å²) in [6.45, 7) is 0.330. The largest absolute Gasteiger partial charge is 0.416 e. The van der Waals surface area contributed by atoms with Crippen LogP contribution < -0.4 is 5.32 Å². The fraction of sp³-hybridized carbons (Fsp3) is 0.231. The molecule has 0 unspecified atom stereocenters. The van der Waals surface area contributed by atoms with E-state index in [2.05, 4.69) is 35.8 Å². The first kappa shape index (κ1) is 25.9. The van der Waals surface area contributed by atoms with Crippen molar-refractivity contribution >= 4 is 16.9 Å². The van der Waals surface area contributed by atoms with Crippen molar-refractivity contribution in [1.29, 1.82) is 0 Å². The SMILES string of the molecule is O=C(NCc1cc(C(F)(F)F)ccn1)c1cn(CCCCc2cc3cc(-c4ccccc4F)[nH]c3nn2)nn1. The van der Waals surface area contributed by atoms with Crippen molar-refractivity contribution in [3.8, 4) is 11.3 Å². The van der Waals surface area contributed by atoms with Crippen LogP contribution in [0, 0.1) is 5.82 Å². The highest BCUT2D eigenvalue weighted by Gasteiger charge is 2.30. The highest BCUT2D eigenvalue weighted by Crippen LogP contribution is 2.29. The molecule has 0 aliphatic carbocycles. The Hall–Kier alpha value is -4.68. The zero-order valence-corrected chi connectivity index (χ0v) is 20.4. The van der Waals surface area contributed by atoms with Crippen LogP contribution in [0.5, 0.6) is 0 Å². The molecule has 5 rings (SSSR count). The molecule has 0 saturated heterocycles. The minimum atomic E-state index is -4.49. The molecule has 1 amide bonds. The molecule has 13 heteroatoms. The standard InChI is InChI=1S/C26H22F4N8O/c27-21-7-2-1-6-20(21)22-12-16-11-18(34-36-24(16)33-22)5-3-4-10-38-15-23(35-37-38)25(39)32-14-19-13-17(8-9-31-19)26(28,29)30/h1-2,6-9,11-13,15H,3-5,10,14H2,(H,32,39)(H,33,36). The lowest BCUT2D eigenvalue weighted by atomic mass is 10.1.